The first-order chi connectivity index (χ1) is 8.12. The largest absolute Gasteiger partial charge is 0.460 e. The molecule has 0 fully saturated rings. The molecule has 0 N–H and O–H groups in total. The van der Waals surface area contributed by atoms with Crippen molar-refractivity contribution in [3.8, 4) is 0 Å². The molecule has 1 atom stereocenters. The van der Waals surface area contributed by atoms with Gasteiger partial charge in [0.1, 0.15) is 6.67 Å². The van der Waals surface area contributed by atoms with Crippen LogP contribution in [0.15, 0.2) is 0 Å². The molecule has 0 saturated carbocycles. The van der Waals surface area contributed by atoms with Gasteiger partial charge in [-0.05, 0) is 6.42 Å². The molecule has 0 saturated heterocycles. The maximum Gasteiger partial charge on any atom is 0.460 e. The van der Waals surface area contributed by atoms with Crippen molar-refractivity contribution < 1.29 is 43.9 Å². The van der Waals surface area contributed by atoms with E-state index in [1.165, 1.54) is 0 Å². The Balaban J connectivity index is 5.90. The van der Waals surface area contributed by atoms with Gasteiger partial charge in [-0.1, -0.05) is 13.8 Å². The lowest BCUT2D eigenvalue weighted by molar-refractivity contribution is -0.411. The molecular weight excluding hydrogens is 298 g/mol. The van der Waals surface area contributed by atoms with Crippen LogP contribution in [0.4, 0.5) is 43.9 Å². The summed E-state index contributed by atoms with van der Waals surface area (Å²) < 4.78 is 125. The third-order valence-electron chi connectivity index (χ3n) is 2.98. The minimum Gasteiger partial charge on any atom is -0.250 e. The number of hydrogen-bond donors (Lipinski definition) is 0. The highest BCUT2D eigenvalue weighted by atomic mass is 19.4. The Labute approximate surface area is 101 Å². The van der Waals surface area contributed by atoms with Crippen LogP contribution >= 0.6 is 0 Å². The van der Waals surface area contributed by atoms with Crippen molar-refractivity contribution in [3.05, 3.63) is 0 Å². The van der Waals surface area contributed by atoms with Crippen molar-refractivity contribution in [2.75, 3.05) is 6.67 Å². The summed E-state index contributed by atoms with van der Waals surface area (Å²) in [5.41, 5.74) is -3.34. The summed E-state index contributed by atoms with van der Waals surface area (Å²) in [6.45, 7) is -1.23. The molecule has 116 valence electrons. The van der Waals surface area contributed by atoms with Crippen LogP contribution in [0, 0.1) is 5.41 Å². The average molecular weight is 308 g/mol. The standard InChI is InChI=1S/C9H10F10/c1-3-5(2,4-10)6(11,12)7(13,14)8(15,16)9(17,18)19/h3-4H2,1-2H3. The van der Waals surface area contributed by atoms with Gasteiger partial charge in [0.05, 0.1) is 5.41 Å². The minimum atomic E-state index is -6.98. The topological polar surface area (TPSA) is 0 Å². The highest BCUT2D eigenvalue weighted by Gasteiger charge is 2.84. The summed E-state index contributed by atoms with van der Waals surface area (Å²) in [6.07, 6.45) is -7.94. The molecule has 0 radical (unpaired) electrons. The van der Waals surface area contributed by atoms with Gasteiger partial charge in [0.25, 0.3) is 0 Å². The van der Waals surface area contributed by atoms with Crippen molar-refractivity contribution in [3.63, 3.8) is 0 Å². The van der Waals surface area contributed by atoms with Gasteiger partial charge in [-0.25, -0.2) is 0 Å². The van der Waals surface area contributed by atoms with Crippen LogP contribution in [0.5, 0.6) is 0 Å². The van der Waals surface area contributed by atoms with Crippen molar-refractivity contribution in [2.24, 2.45) is 5.41 Å². The molecule has 0 heterocycles. The molecule has 0 bridgehead atoms. The third-order valence-corrected chi connectivity index (χ3v) is 2.98. The second-order valence-electron chi connectivity index (χ2n) is 4.27. The van der Waals surface area contributed by atoms with Gasteiger partial charge in [-0.15, -0.1) is 0 Å². The Hall–Kier alpha value is -0.700. The molecule has 0 amide bonds. The molecule has 0 aromatic carbocycles. The van der Waals surface area contributed by atoms with Crippen molar-refractivity contribution in [1.29, 1.82) is 0 Å². The third kappa shape index (κ3) is 2.37. The number of rotatable bonds is 5. The van der Waals surface area contributed by atoms with Gasteiger partial charge in [0.2, 0.25) is 0 Å². The highest BCUT2D eigenvalue weighted by molar-refractivity contribution is 5.06. The zero-order chi connectivity index (χ0) is 15.9. The van der Waals surface area contributed by atoms with Gasteiger partial charge >= 0.3 is 23.9 Å². The normalized spacial score (nSPS) is 18.3. The first kappa shape index (κ1) is 18.3. The Morgan fingerprint density at radius 2 is 1.05 bits per heavy atom. The van der Waals surface area contributed by atoms with E-state index in [0.717, 1.165) is 6.92 Å². The van der Waals surface area contributed by atoms with Crippen LogP contribution in [-0.4, -0.2) is 30.6 Å². The van der Waals surface area contributed by atoms with E-state index >= 15 is 0 Å². The van der Waals surface area contributed by atoms with Gasteiger partial charge in [-0.2, -0.15) is 39.5 Å². The lowest BCUT2D eigenvalue weighted by Crippen LogP contribution is -2.65. The molecule has 19 heavy (non-hydrogen) atoms. The minimum absolute atomic E-state index is 0.174. The molecule has 0 aliphatic carbocycles. The zero-order valence-electron chi connectivity index (χ0n) is 9.69. The van der Waals surface area contributed by atoms with Crippen LogP contribution < -0.4 is 0 Å². The lowest BCUT2D eigenvalue weighted by Gasteiger charge is -2.41. The Kier molecular flexibility index (Phi) is 4.52. The maximum atomic E-state index is 13.3. The second-order valence-corrected chi connectivity index (χ2v) is 4.27. The van der Waals surface area contributed by atoms with Gasteiger partial charge in [0, 0.05) is 0 Å². The Morgan fingerprint density at radius 1 is 0.684 bits per heavy atom. The molecule has 1 unspecified atom stereocenters. The molecule has 0 aromatic heterocycles. The summed E-state index contributed by atoms with van der Waals surface area (Å²) in [5, 5.41) is 0. The van der Waals surface area contributed by atoms with E-state index < -0.39 is 42.5 Å². The quantitative estimate of drug-likeness (QED) is 0.638. The predicted molar refractivity (Wildman–Crippen MR) is 45.3 cm³/mol. The fraction of sp³-hybridized carbons (Fsp3) is 1.00. The maximum absolute atomic E-state index is 13.3. The van der Waals surface area contributed by atoms with E-state index in [2.05, 4.69) is 0 Å². The summed E-state index contributed by atoms with van der Waals surface area (Å²) in [7, 11) is 0. The Morgan fingerprint density at radius 3 is 1.26 bits per heavy atom. The van der Waals surface area contributed by atoms with E-state index in [0.29, 0.717) is 0 Å². The van der Waals surface area contributed by atoms with Gasteiger partial charge in [-0.3, -0.25) is 4.39 Å². The van der Waals surface area contributed by atoms with Gasteiger partial charge < -0.3 is 0 Å². The first-order valence-electron chi connectivity index (χ1n) is 4.88. The molecule has 0 rings (SSSR count). The zero-order valence-corrected chi connectivity index (χ0v) is 9.69. The fourth-order valence-electron chi connectivity index (χ4n) is 1.15. The molecule has 0 nitrogen and oxygen atoms in total. The summed E-state index contributed by atoms with van der Waals surface area (Å²) in [6, 6.07) is 0. The smallest absolute Gasteiger partial charge is 0.250 e. The lowest BCUT2D eigenvalue weighted by atomic mass is 9.77. The van der Waals surface area contributed by atoms with Crippen LogP contribution in [-0.2, 0) is 0 Å². The monoisotopic (exact) mass is 308 g/mol. The van der Waals surface area contributed by atoms with E-state index in [4.69, 9.17) is 0 Å². The van der Waals surface area contributed by atoms with Crippen LogP contribution in [0.1, 0.15) is 20.3 Å². The molecule has 0 aliphatic rings. The number of hydrogen-bond acceptors (Lipinski definition) is 0. The van der Waals surface area contributed by atoms with Crippen LogP contribution in [0.3, 0.4) is 0 Å². The average Bonchev–Trinajstić information content (AvgIpc) is 2.25. The SMILES string of the molecule is CCC(C)(CF)C(F)(F)C(F)(F)C(F)(F)C(F)(F)F. The van der Waals surface area contributed by atoms with E-state index in [1.807, 2.05) is 0 Å². The van der Waals surface area contributed by atoms with Gasteiger partial charge in [0.15, 0.2) is 0 Å². The summed E-state index contributed by atoms with van der Waals surface area (Å²) in [4.78, 5) is 0. The predicted octanol–water partition coefficient (Wildman–Crippen LogP) is 4.84. The molecule has 0 aliphatic heterocycles. The Bertz CT molecular complexity index is 311. The van der Waals surface area contributed by atoms with E-state index in [9.17, 15) is 43.9 Å². The summed E-state index contributed by atoms with van der Waals surface area (Å²) >= 11 is 0. The van der Waals surface area contributed by atoms with E-state index in [-0.39, 0.29) is 6.92 Å². The van der Waals surface area contributed by atoms with Crippen molar-refractivity contribution >= 4 is 0 Å². The summed E-state index contributed by atoms with van der Waals surface area (Å²) in [5.74, 6) is -19.6. The van der Waals surface area contributed by atoms with Crippen molar-refractivity contribution in [2.45, 2.75) is 44.2 Å². The highest BCUT2D eigenvalue weighted by Crippen LogP contribution is 2.58. The van der Waals surface area contributed by atoms with E-state index in [1.54, 1.807) is 0 Å². The molecule has 0 spiro atoms. The van der Waals surface area contributed by atoms with Crippen LogP contribution in [0.25, 0.3) is 0 Å². The second kappa shape index (κ2) is 4.69. The number of alkyl halides is 10. The van der Waals surface area contributed by atoms with Crippen molar-refractivity contribution in [1.82, 2.24) is 0 Å². The number of halogens is 10. The molecular formula is C9H10F10. The molecule has 0 aromatic rings. The molecule has 10 heteroatoms. The first-order valence-corrected chi connectivity index (χ1v) is 4.88. The fourth-order valence-corrected chi connectivity index (χ4v) is 1.15. The van der Waals surface area contributed by atoms with Crippen LogP contribution in [0.2, 0.25) is 0 Å².